The Kier molecular flexibility index (Phi) is 6.24. The number of nitrogens with zero attached hydrogens (tertiary/aromatic N) is 2. The summed E-state index contributed by atoms with van der Waals surface area (Å²) in [6, 6.07) is 16.1. The van der Waals surface area contributed by atoms with Gasteiger partial charge in [-0.05, 0) is 89.7 Å². The third-order valence-electron chi connectivity index (χ3n) is 4.28. The molecule has 0 bridgehead atoms. The molecule has 2 aromatic carbocycles. The average Bonchev–Trinajstić information content (AvgIpc) is 3.20. The van der Waals surface area contributed by atoms with Gasteiger partial charge in [-0.2, -0.15) is 4.98 Å². The van der Waals surface area contributed by atoms with Crippen molar-refractivity contribution in [1.29, 1.82) is 0 Å². The van der Waals surface area contributed by atoms with E-state index in [1.54, 1.807) is 30.5 Å². The molecule has 1 amide bonds. The van der Waals surface area contributed by atoms with Crippen LogP contribution in [0.2, 0.25) is 0 Å². The summed E-state index contributed by atoms with van der Waals surface area (Å²) in [5, 5.41) is 5.85. The Balaban J connectivity index is 1.39. The average molecular weight is 497 g/mol. The van der Waals surface area contributed by atoms with E-state index in [9.17, 15) is 4.79 Å². The van der Waals surface area contributed by atoms with Gasteiger partial charge >= 0.3 is 0 Å². The van der Waals surface area contributed by atoms with Crippen molar-refractivity contribution in [2.75, 3.05) is 11.9 Å². The number of halogens is 1. The fraction of sp³-hybridized carbons (Fsp3) is 0.0909. The highest BCUT2D eigenvalue weighted by Crippen LogP contribution is 2.26. The Morgan fingerprint density at radius 1 is 1.19 bits per heavy atom. The Morgan fingerprint density at radius 3 is 2.71 bits per heavy atom. The van der Waals surface area contributed by atoms with Gasteiger partial charge in [0.25, 0.3) is 5.91 Å². The minimum atomic E-state index is -0.322. The molecule has 0 radical (unpaired) electrons. The van der Waals surface area contributed by atoms with Crippen molar-refractivity contribution in [3.05, 3.63) is 70.8 Å². The van der Waals surface area contributed by atoms with Crippen molar-refractivity contribution < 1.29 is 13.9 Å². The monoisotopic (exact) mass is 496 g/mol. The number of aromatic nitrogens is 2. The van der Waals surface area contributed by atoms with E-state index in [4.69, 9.17) is 21.4 Å². The van der Waals surface area contributed by atoms with E-state index in [0.717, 1.165) is 11.3 Å². The van der Waals surface area contributed by atoms with E-state index in [0.29, 0.717) is 39.5 Å². The molecule has 0 saturated heterocycles. The molecule has 0 fully saturated rings. The minimum Gasteiger partial charge on any atom is -0.493 e. The number of nitrogens with one attached hydrogen (secondary N) is 2. The number of hydrogen-bond donors (Lipinski definition) is 2. The number of carbonyl (C=O) groups is 1. The molecule has 2 aromatic heterocycles. The molecule has 2 N–H and O–H groups in total. The van der Waals surface area contributed by atoms with Crippen molar-refractivity contribution in [3.8, 4) is 17.2 Å². The maximum Gasteiger partial charge on any atom is 0.257 e. The maximum atomic E-state index is 12.5. The van der Waals surface area contributed by atoms with Gasteiger partial charge in [0, 0.05) is 23.0 Å². The van der Waals surface area contributed by atoms with Crippen LogP contribution in [-0.4, -0.2) is 27.6 Å². The van der Waals surface area contributed by atoms with E-state index < -0.39 is 0 Å². The third kappa shape index (κ3) is 4.89. The summed E-state index contributed by atoms with van der Waals surface area (Å²) >= 11 is 8.67. The largest absolute Gasteiger partial charge is 0.493 e. The van der Waals surface area contributed by atoms with Gasteiger partial charge in [0.1, 0.15) is 5.75 Å². The maximum absolute atomic E-state index is 12.5. The summed E-state index contributed by atoms with van der Waals surface area (Å²) < 4.78 is 11.9. The van der Waals surface area contributed by atoms with Gasteiger partial charge in [-0.15, -0.1) is 0 Å². The van der Waals surface area contributed by atoms with E-state index in [2.05, 4.69) is 36.5 Å². The van der Waals surface area contributed by atoms with Crippen molar-refractivity contribution in [2.24, 2.45) is 0 Å². The number of oxazole rings is 1. The first-order chi connectivity index (χ1) is 15.0. The fourth-order valence-corrected chi connectivity index (χ4v) is 3.54. The smallest absolute Gasteiger partial charge is 0.257 e. The molecular formula is C22H17BrN4O3S. The highest BCUT2D eigenvalue weighted by molar-refractivity contribution is 9.10. The number of thiocarbonyl (C=S) groups is 1. The number of hydrogen-bond acceptors (Lipinski definition) is 6. The fourth-order valence-electron chi connectivity index (χ4n) is 2.84. The molecule has 2 heterocycles. The highest BCUT2D eigenvalue weighted by Gasteiger charge is 2.12. The summed E-state index contributed by atoms with van der Waals surface area (Å²) in [5.41, 5.74) is 3.17. The van der Waals surface area contributed by atoms with Crippen LogP contribution in [0.1, 0.15) is 17.3 Å². The standard InChI is InChI=1S/C22H17BrN4O3S/c1-2-29-17-10-7-14(12-16(17)23)20(28)27-22(31)25-15-8-5-13(6-9-15)21-26-19-18(30-21)4-3-11-24-19/h3-12H,2H2,1H3,(H2,25,27,28,31). The van der Waals surface area contributed by atoms with Crippen molar-refractivity contribution in [1.82, 2.24) is 15.3 Å². The summed E-state index contributed by atoms with van der Waals surface area (Å²) in [6.45, 7) is 2.44. The number of rotatable bonds is 5. The van der Waals surface area contributed by atoms with Crippen LogP contribution >= 0.6 is 28.1 Å². The molecule has 0 aliphatic rings. The number of amides is 1. The summed E-state index contributed by atoms with van der Waals surface area (Å²) in [6.07, 6.45) is 1.67. The predicted molar refractivity (Wildman–Crippen MR) is 126 cm³/mol. The van der Waals surface area contributed by atoms with Gasteiger partial charge < -0.3 is 14.5 Å². The van der Waals surface area contributed by atoms with Gasteiger partial charge in [0.05, 0.1) is 11.1 Å². The van der Waals surface area contributed by atoms with Crippen molar-refractivity contribution >= 4 is 56.1 Å². The Morgan fingerprint density at radius 2 is 2.00 bits per heavy atom. The highest BCUT2D eigenvalue weighted by atomic mass is 79.9. The van der Waals surface area contributed by atoms with E-state index in [1.807, 2.05) is 37.3 Å². The molecule has 156 valence electrons. The molecule has 0 unspecified atom stereocenters. The number of anilines is 1. The van der Waals surface area contributed by atoms with Crippen LogP contribution < -0.4 is 15.4 Å². The van der Waals surface area contributed by atoms with Crippen LogP contribution in [0.5, 0.6) is 5.75 Å². The third-order valence-corrected chi connectivity index (χ3v) is 5.10. The quantitative estimate of drug-likeness (QED) is 0.368. The Labute approximate surface area is 192 Å². The van der Waals surface area contributed by atoms with Crippen LogP contribution in [0.25, 0.3) is 22.7 Å². The van der Waals surface area contributed by atoms with Crippen LogP contribution in [0.15, 0.2) is 69.7 Å². The topological polar surface area (TPSA) is 89.3 Å². The molecule has 0 saturated carbocycles. The number of ether oxygens (including phenoxy) is 1. The summed E-state index contributed by atoms with van der Waals surface area (Å²) in [5.74, 6) is 0.837. The van der Waals surface area contributed by atoms with Crippen LogP contribution in [0, 0.1) is 0 Å². The molecule has 4 aromatic rings. The zero-order valence-electron chi connectivity index (χ0n) is 16.4. The van der Waals surface area contributed by atoms with E-state index >= 15 is 0 Å². The first kappa shape index (κ1) is 21.0. The molecule has 0 aliphatic heterocycles. The lowest BCUT2D eigenvalue weighted by molar-refractivity contribution is 0.0977. The predicted octanol–water partition coefficient (Wildman–Crippen LogP) is 5.18. The number of carbonyl (C=O) groups excluding carboxylic acids is 1. The second-order valence-corrected chi connectivity index (χ2v) is 7.67. The van der Waals surface area contributed by atoms with Gasteiger partial charge in [-0.25, -0.2) is 4.98 Å². The molecule has 0 atom stereocenters. The molecule has 0 spiro atoms. The van der Waals surface area contributed by atoms with Crippen LogP contribution in [0.3, 0.4) is 0 Å². The molecular weight excluding hydrogens is 480 g/mol. The summed E-state index contributed by atoms with van der Waals surface area (Å²) in [7, 11) is 0. The molecule has 9 heteroatoms. The number of benzene rings is 2. The minimum absolute atomic E-state index is 0.189. The normalized spacial score (nSPS) is 10.6. The second-order valence-electron chi connectivity index (χ2n) is 6.41. The second kappa shape index (κ2) is 9.23. The lowest BCUT2D eigenvalue weighted by Gasteiger charge is -2.11. The molecule has 4 rings (SSSR count). The first-order valence-corrected chi connectivity index (χ1v) is 10.6. The Hall–Kier alpha value is -3.30. The van der Waals surface area contributed by atoms with Crippen molar-refractivity contribution in [3.63, 3.8) is 0 Å². The van der Waals surface area contributed by atoms with E-state index in [1.165, 1.54) is 0 Å². The zero-order valence-corrected chi connectivity index (χ0v) is 18.8. The van der Waals surface area contributed by atoms with E-state index in [-0.39, 0.29) is 11.0 Å². The van der Waals surface area contributed by atoms with Gasteiger partial charge in [-0.1, -0.05) is 0 Å². The van der Waals surface area contributed by atoms with Crippen LogP contribution in [0.4, 0.5) is 5.69 Å². The van der Waals surface area contributed by atoms with Gasteiger partial charge in [0.15, 0.2) is 16.3 Å². The molecule has 7 nitrogen and oxygen atoms in total. The lowest BCUT2D eigenvalue weighted by atomic mass is 10.2. The van der Waals surface area contributed by atoms with Crippen molar-refractivity contribution in [2.45, 2.75) is 6.92 Å². The lowest BCUT2D eigenvalue weighted by Crippen LogP contribution is -2.34. The SMILES string of the molecule is CCOc1ccc(C(=O)NC(=S)Nc2ccc(-c3nc4ncccc4o3)cc2)cc1Br. The van der Waals surface area contributed by atoms with Crippen LogP contribution in [-0.2, 0) is 0 Å². The number of fused-ring (bicyclic) bond motifs is 1. The van der Waals surface area contributed by atoms with Gasteiger partial charge in [-0.3, -0.25) is 10.1 Å². The zero-order chi connectivity index (χ0) is 21.8. The summed E-state index contributed by atoms with van der Waals surface area (Å²) in [4.78, 5) is 21.0. The number of pyridine rings is 1. The first-order valence-electron chi connectivity index (χ1n) is 9.40. The Bertz CT molecular complexity index is 1220. The molecule has 31 heavy (non-hydrogen) atoms. The van der Waals surface area contributed by atoms with Gasteiger partial charge in [0.2, 0.25) is 5.89 Å². The molecule has 0 aliphatic carbocycles.